The molecule has 0 unspecified atom stereocenters. The molecule has 0 bridgehead atoms. The Hall–Kier alpha value is -0.940. The second-order valence-corrected chi connectivity index (χ2v) is 6.26. The fraction of sp³-hybridized carbons (Fsp3) is 0.467. The maximum absolute atomic E-state index is 8.95. The fourth-order valence-electron chi connectivity index (χ4n) is 2.65. The van der Waals surface area contributed by atoms with Crippen molar-refractivity contribution in [1.82, 2.24) is 9.80 Å². The molecule has 2 heterocycles. The van der Waals surface area contributed by atoms with Crippen molar-refractivity contribution < 1.29 is 5.11 Å². The van der Waals surface area contributed by atoms with Crippen LogP contribution in [-0.4, -0.2) is 54.2 Å². The molecule has 1 N–H and O–H groups in total. The van der Waals surface area contributed by atoms with Crippen LogP contribution in [-0.2, 0) is 6.54 Å². The van der Waals surface area contributed by atoms with Crippen LogP contribution in [0.1, 0.15) is 4.88 Å². The van der Waals surface area contributed by atoms with E-state index >= 15 is 0 Å². The molecule has 3 rings (SSSR count). The minimum atomic E-state index is 0.274. The van der Waals surface area contributed by atoms with Crippen molar-refractivity contribution >= 4 is 21.4 Å². The number of thiophene rings is 1. The third-order valence-electron chi connectivity index (χ3n) is 3.74. The van der Waals surface area contributed by atoms with Gasteiger partial charge in [-0.05, 0) is 17.5 Å². The van der Waals surface area contributed by atoms with Gasteiger partial charge in [0.2, 0.25) is 0 Å². The lowest BCUT2D eigenvalue weighted by molar-refractivity contribution is 0.109. The van der Waals surface area contributed by atoms with Gasteiger partial charge in [0.1, 0.15) is 0 Å². The van der Waals surface area contributed by atoms with E-state index in [0.717, 1.165) is 39.3 Å². The van der Waals surface area contributed by atoms with Crippen LogP contribution in [0, 0.1) is 0 Å². The molecule has 1 saturated heterocycles. The maximum Gasteiger partial charge on any atom is 0.0558 e. The predicted octanol–water partition coefficient (Wildman–Crippen LogP) is 2.01. The number of benzene rings is 1. The molecule has 0 aliphatic carbocycles. The summed E-state index contributed by atoms with van der Waals surface area (Å²) in [5, 5.41) is 10.3. The molecular formula is C15H20N2OS. The molecule has 4 heteroatoms. The van der Waals surface area contributed by atoms with Crippen LogP contribution in [0.2, 0.25) is 0 Å². The number of aliphatic hydroxyl groups excluding tert-OH is 1. The number of hydrogen-bond donors (Lipinski definition) is 1. The van der Waals surface area contributed by atoms with Crippen LogP contribution < -0.4 is 0 Å². The first kappa shape index (κ1) is 13.1. The Balaban J connectivity index is 1.60. The molecule has 0 saturated carbocycles. The van der Waals surface area contributed by atoms with Crippen molar-refractivity contribution in [1.29, 1.82) is 0 Å². The minimum Gasteiger partial charge on any atom is -0.395 e. The summed E-state index contributed by atoms with van der Waals surface area (Å²) in [7, 11) is 0. The van der Waals surface area contributed by atoms with E-state index in [0.29, 0.717) is 0 Å². The SMILES string of the molecule is OCCN1CCN(Cc2cc3ccccc3s2)CC1. The topological polar surface area (TPSA) is 26.7 Å². The summed E-state index contributed by atoms with van der Waals surface area (Å²) in [6, 6.07) is 10.9. The summed E-state index contributed by atoms with van der Waals surface area (Å²) in [4.78, 5) is 6.30. The number of β-amino-alcohol motifs (C(OH)–C–C–N with tert-alkyl or cyclic N) is 1. The molecule has 1 aromatic heterocycles. The van der Waals surface area contributed by atoms with Crippen LogP contribution in [0.5, 0.6) is 0 Å². The van der Waals surface area contributed by atoms with Crippen LogP contribution >= 0.6 is 11.3 Å². The van der Waals surface area contributed by atoms with Gasteiger partial charge >= 0.3 is 0 Å². The lowest BCUT2D eigenvalue weighted by Gasteiger charge is -2.34. The number of fused-ring (bicyclic) bond motifs is 1. The van der Waals surface area contributed by atoms with E-state index in [1.54, 1.807) is 0 Å². The molecule has 1 aliphatic heterocycles. The van der Waals surface area contributed by atoms with E-state index in [1.165, 1.54) is 15.0 Å². The summed E-state index contributed by atoms with van der Waals surface area (Å²) < 4.78 is 1.39. The number of hydrogen-bond acceptors (Lipinski definition) is 4. The van der Waals surface area contributed by atoms with Crippen molar-refractivity contribution in [2.75, 3.05) is 39.3 Å². The summed E-state index contributed by atoms with van der Waals surface area (Å²) in [5.74, 6) is 0. The fourth-order valence-corrected chi connectivity index (χ4v) is 3.75. The lowest BCUT2D eigenvalue weighted by atomic mass is 10.2. The van der Waals surface area contributed by atoms with E-state index < -0.39 is 0 Å². The average Bonchev–Trinajstić information content (AvgIpc) is 2.83. The van der Waals surface area contributed by atoms with Gasteiger partial charge in [0.25, 0.3) is 0 Å². The van der Waals surface area contributed by atoms with Gasteiger partial charge in [0, 0.05) is 48.8 Å². The van der Waals surface area contributed by atoms with E-state index in [2.05, 4.69) is 40.1 Å². The highest BCUT2D eigenvalue weighted by Crippen LogP contribution is 2.26. The number of rotatable bonds is 4. The summed E-state index contributed by atoms with van der Waals surface area (Å²) in [6.45, 7) is 6.51. The molecule has 0 spiro atoms. The molecule has 3 nitrogen and oxygen atoms in total. The number of nitrogens with zero attached hydrogens (tertiary/aromatic N) is 2. The van der Waals surface area contributed by atoms with Gasteiger partial charge in [-0.3, -0.25) is 9.80 Å². The van der Waals surface area contributed by atoms with E-state index in [-0.39, 0.29) is 6.61 Å². The van der Waals surface area contributed by atoms with Crippen molar-refractivity contribution in [3.05, 3.63) is 35.2 Å². The molecule has 0 amide bonds. The van der Waals surface area contributed by atoms with E-state index in [4.69, 9.17) is 5.11 Å². The second kappa shape index (κ2) is 6.01. The standard InChI is InChI=1S/C15H20N2OS/c18-10-9-16-5-7-17(8-6-16)12-14-11-13-3-1-2-4-15(13)19-14/h1-4,11,18H,5-10,12H2. The highest BCUT2D eigenvalue weighted by Gasteiger charge is 2.16. The van der Waals surface area contributed by atoms with Gasteiger partial charge in [0.05, 0.1) is 6.61 Å². The third kappa shape index (κ3) is 3.15. The third-order valence-corrected chi connectivity index (χ3v) is 4.84. The molecule has 19 heavy (non-hydrogen) atoms. The molecule has 1 aromatic carbocycles. The van der Waals surface area contributed by atoms with Gasteiger partial charge in [0.15, 0.2) is 0 Å². The van der Waals surface area contributed by atoms with Gasteiger partial charge in [-0.15, -0.1) is 11.3 Å². The maximum atomic E-state index is 8.95. The molecular weight excluding hydrogens is 256 g/mol. The quantitative estimate of drug-likeness (QED) is 0.925. The van der Waals surface area contributed by atoms with Crippen molar-refractivity contribution in [3.63, 3.8) is 0 Å². The minimum absolute atomic E-state index is 0.274. The van der Waals surface area contributed by atoms with Crippen LogP contribution in [0.4, 0.5) is 0 Å². The largest absolute Gasteiger partial charge is 0.395 e. The van der Waals surface area contributed by atoms with Crippen LogP contribution in [0.25, 0.3) is 10.1 Å². The zero-order chi connectivity index (χ0) is 13.1. The molecule has 1 fully saturated rings. The lowest BCUT2D eigenvalue weighted by Crippen LogP contribution is -2.46. The van der Waals surface area contributed by atoms with Crippen LogP contribution in [0.3, 0.4) is 0 Å². The van der Waals surface area contributed by atoms with Gasteiger partial charge in [-0.1, -0.05) is 18.2 Å². The average molecular weight is 276 g/mol. The van der Waals surface area contributed by atoms with Crippen LogP contribution in [0.15, 0.2) is 30.3 Å². The van der Waals surface area contributed by atoms with Crippen molar-refractivity contribution in [2.24, 2.45) is 0 Å². The van der Waals surface area contributed by atoms with Gasteiger partial charge < -0.3 is 5.11 Å². The van der Waals surface area contributed by atoms with Gasteiger partial charge in [-0.25, -0.2) is 0 Å². The first-order valence-corrected chi connectivity index (χ1v) is 7.70. The van der Waals surface area contributed by atoms with Gasteiger partial charge in [-0.2, -0.15) is 0 Å². The first-order valence-electron chi connectivity index (χ1n) is 6.88. The van der Waals surface area contributed by atoms with Crippen molar-refractivity contribution in [3.8, 4) is 0 Å². The zero-order valence-electron chi connectivity index (χ0n) is 11.1. The first-order chi connectivity index (χ1) is 9.35. The Morgan fingerprint density at radius 3 is 2.53 bits per heavy atom. The van der Waals surface area contributed by atoms with Crippen molar-refractivity contribution in [2.45, 2.75) is 6.54 Å². The molecule has 1 aliphatic rings. The Bertz CT molecular complexity index is 499. The van der Waals surface area contributed by atoms with E-state index in [1.807, 2.05) is 11.3 Å². The highest BCUT2D eigenvalue weighted by atomic mass is 32.1. The molecule has 0 atom stereocenters. The summed E-state index contributed by atoms with van der Waals surface area (Å²) in [6.07, 6.45) is 0. The van der Waals surface area contributed by atoms with E-state index in [9.17, 15) is 0 Å². The Morgan fingerprint density at radius 1 is 1.05 bits per heavy atom. The Labute approximate surface area is 118 Å². The predicted molar refractivity (Wildman–Crippen MR) is 80.6 cm³/mol. The molecule has 102 valence electrons. The molecule has 2 aromatic rings. The monoisotopic (exact) mass is 276 g/mol. The molecule has 0 radical (unpaired) electrons. The summed E-state index contributed by atoms with van der Waals surface area (Å²) in [5.41, 5.74) is 0. The smallest absolute Gasteiger partial charge is 0.0558 e. The highest BCUT2D eigenvalue weighted by molar-refractivity contribution is 7.19. The summed E-state index contributed by atoms with van der Waals surface area (Å²) >= 11 is 1.91. The number of aliphatic hydroxyl groups is 1. The second-order valence-electron chi connectivity index (χ2n) is 5.09. The zero-order valence-corrected chi connectivity index (χ0v) is 11.9. The normalized spacial score (nSPS) is 18.2. The number of piperazine rings is 1. The Morgan fingerprint density at radius 2 is 1.79 bits per heavy atom. The Kier molecular flexibility index (Phi) is 4.13.